The maximum absolute atomic E-state index is 14.9. The van der Waals surface area contributed by atoms with Crippen molar-refractivity contribution in [2.75, 3.05) is 31.2 Å². The van der Waals surface area contributed by atoms with Crippen LogP contribution in [0, 0.1) is 23.4 Å². The summed E-state index contributed by atoms with van der Waals surface area (Å²) in [6, 6.07) is 8.01. The molecule has 6 nitrogen and oxygen atoms in total. The number of nitrogen functional groups attached to an aromatic ring is 1. The van der Waals surface area contributed by atoms with Crippen molar-refractivity contribution < 1.29 is 36.3 Å². The van der Waals surface area contributed by atoms with Crippen LogP contribution in [0.1, 0.15) is 34.3 Å². The van der Waals surface area contributed by atoms with Crippen molar-refractivity contribution in [2.45, 2.75) is 18.9 Å². The lowest BCUT2D eigenvalue weighted by Crippen LogP contribution is -2.46. The fraction of sp³-hybridized carbons (Fsp3) is 0.259. The Balaban J connectivity index is 1.47. The summed E-state index contributed by atoms with van der Waals surface area (Å²) in [5, 5.41) is 2.66. The number of likely N-dealkylation sites (tertiary alicyclic amines) is 1. The number of carbonyl (C=O) groups is 2. The minimum absolute atomic E-state index is 0.0266. The van der Waals surface area contributed by atoms with Crippen LogP contribution in [0.5, 0.6) is 5.75 Å². The monoisotopic (exact) mass is 533 g/mol. The van der Waals surface area contributed by atoms with Gasteiger partial charge in [0.25, 0.3) is 0 Å². The fourth-order valence-electron chi connectivity index (χ4n) is 4.37. The summed E-state index contributed by atoms with van der Waals surface area (Å²) in [6.07, 6.45) is -0.0531. The Kier molecular flexibility index (Phi) is 7.68. The van der Waals surface area contributed by atoms with Crippen molar-refractivity contribution in [3.63, 3.8) is 0 Å². The Hall–Kier alpha value is -3.99. The summed E-state index contributed by atoms with van der Waals surface area (Å²) in [4.78, 5) is 26.8. The first-order chi connectivity index (χ1) is 18.0. The number of ether oxygens (including phenoxy) is 1. The van der Waals surface area contributed by atoms with Gasteiger partial charge in [0.15, 0.2) is 23.2 Å². The van der Waals surface area contributed by atoms with E-state index in [0.29, 0.717) is 28.3 Å². The van der Waals surface area contributed by atoms with E-state index in [1.54, 1.807) is 30.3 Å². The summed E-state index contributed by atoms with van der Waals surface area (Å²) < 4.78 is 75.7. The van der Waals surface area contributed by atoms with Gasteiger partial charge in [0.05, 0.1) is 24.0 Å². The molecule has 0 unspecified atom stereocenters. The predicted molar refractivity (Wildman–Crippen MR) is 130 cm³/mol. The molecule has 3 N–H and O–H groups in total. The second kappa shape index (κ2) is 10.8. The zero-order valence-corrected chi connectivity index (χ0v) is 20.2. The molecule has 1 aliphatic heterocycles. The van der Waals surface area contributed by atoms with Gasteiger partial charge in [-0.05, 0) is 61.4 Å². The zero-order valence-electron chi connectivity index (χ0n) is 20.2. The number of benzene rings is 3. The number of nitrogens with two attached hydrogens (primary N) is 1. The Labute approximate surface area is 215 Å². The smallest absolute Gasteiger partial charge is 0.334 e. The average Bonchev–Trinajstić information content (AvgIpc) is 2.92. The van der Waals surface area contributed by atoms with Crippen molar-refractivity contribution in [3.8, 4) is 5.75 Å². The Bertz CT molecular complexity index is 1360. The molecular formula is C27H24F5N3O3. The molecule has 200 valence electrons. The molecule has 0 aromatic heterocycles. The van der Waals surface area contributed by atoms with Gasteiger partial charge in [0.2, 0.25) is 5.91 Å². The number of hydrogen-bond acceptors (Lipinski definition) is 5. The van der Waals surface area contributed by atoms with Gasteiger partial charge in [0, 0.05) is 30.1 Å². The minimum atomic E-state index is -3.91. The Morgan fingerprint density at radius 3 is 2.26 bits per heavy atom. The minimum Gasteiger partial charge on any atom is -0.497 e. The molecule has 3 aromatic carbocycles. The number of nitrogens with zero attached hydrogens (tertiary/aromatic N) is 1. The Morgan fingerprint density at radius 1 is 0.974 bits per heavy atom. The first-order valence-electron chi connectivity index (χ1n) is 11.7. The molecule has 0 aliphatic carbocycles. The molecule has 1 heterocycles. The van der Waals surface area contributed by atoms with E-state index in [9.17, 15) is 31.5 Å². The third-order valence-corrected chi connectivity index (χ3v) is 6.56. The SMILES string of the molecule is COc1ccc(C(=O)c2cccc(N)c2NC(=O)C2CCN(C(F)(F)c3ccc(F)c(F)c3F)CC2)cc1. The summed E-state index contributed by atoms with van der Waals surface area (Å²) in [5.41, 5.74) is 5.52. The molecule has 38 heavy (non-hydrogen) atoms. The van der Waals surface area contributed by atoms with E-state index in [-0.39, 0.29) is 42.9 Å². The molecule has 0 bridgehead atoms. The number of methoxy groups -OCH3 is 1. The van der Waals surface area contributed by atoms with Crippen molar-refractivity contribution in [2.24, 2.45) is 5.92 Å². The van der Waals surface area contributed by atoms with Crippen molar-refractivity contribution >= 4 is 23.1 Å². The third-order valence-electron chi connectivity index (χ3n) is 6.56. The van der Waals surface area contributed by atoms with E-state index in [0.717, 1.165) is 0 Å². The van der Waals surface area contributed by atoms with Crippen LogP contribution in [0.15, 0.2) is 54.6 Å². The van der Waals surface area contributed by atoms with Gasteiger partial charge in [0.1, 0.15) is 5.75 Å². The average molecular weight is 533 g/mol. The fourth-order valence-corrected chi connectivity index (χ4v) is 4.37. The van der Waals surface area contributed by atoms with E-state index in [1.165, 1.54) is 19.2 Å². The highest BCUT2D eigenvalue weighted by Crippen LogP contribution is 2.38. The van der Waals surface area contributed by atoms with Crippen LogP contribution in [0.4, 0.5) is 33.3 Å². The number of para-hydroxylation sites is 1. The molecule has 1 fully saturated rings. The molecule has 3 aromatic rings. The largest absolute Gasteiger partial charge is 0.497 e. The summed E-state index contributed by atoms with van der Waals surface area (Å²) in [5.74, 6) is -6.55. The second-order valence-corrected chi connectivity index (χ2v) is 8.84. The maximum Gasteiger partial charge on any atom is 0.334 e. The van der Waals surface area contributed by atoms with Crippen LogP contribution in [-0.2, 0) is 10.8 Å². The summed E-state index contributed by atoms with van der Waals surface area (Å²) >= 11 is 0. The van der Waals surface area contributed by atoms with Crippen LogP contribution in [0.3, 0.4) is 0 Å². The molecule has 1 amide bonds. The highest BCUT2D eigenvalue weighted by atomic mass is 19.3. The quantitative estimate of drug-likeness (QED) is 0.141. The highest BCUT2D eigenvalue weighted by molar-refractivity contribution is 6.15. The van der Waals surface area contributed by atoms with Gasteiger partial charge in [-0.15, -0.1) is 0 Å². The van der Waals surface area contributed by atoms with Gasteiger partial charge < -0.3 is 15.8 Å². The number of piperidine rings is 1. The maximum atomic E-state index is 14.9. The van der Waals surface area contributed by atoms with Gasteiger partial charge in [-0.3, -0.25) is 9.59 Å². The normalized spacial score (nSPS) is 14.8. The molecule has 1 aliphatic rings. The first kappa shape index (κ1) is 27.1. The lowest BCUT2D eigenvalue weighted by atomic mass is 9.94. The number of amides is 1. The van der Waals surface area contributed by atoms with Gasteiger partial charge >= 0.3 is 6.05 Å². The van der Waals surface area contributed by atoms with Crippen molar-refractivity contribution in [1.82, 2.24) is 4.90 Å². The van der Waals surface area contributed by atoms with Gasteiger partial charge in [-0.25, -0.2) is 18.1 Å². The molecule has 11 heteroatoms. The Morgan fingerprint density at radius 2 is 1.63 bits per heavy atom. The molecule has 4 rings (SSSR count). The number of nitrogens with one attached hydrogen (secondary N) is 1. The summed E-state index contributed by atoms with van der Waals surface area (Å²) in [7, 11) is 1.49. The molecule has 0 radical (unpaired) electrons. The topological polar surface area (TPSA) is 84.7 Å². The molecule has 1 saturated heterocycles. The number of hydrogen-bond donors (Lipinski definition) is 2. The number of alkyl halides is 2. The zero-order chi connectivity index (χ0) is 27.6. The van der Waals surface area contributed by atoms with E-state index in [2.05, 4.69) is 5.32 Å². The number of carbonyl (C=O) groups excluding carboxylic acids is 2. The third kappa shape index (κ3) is 5.19. The molecule has 0 spiro atoms. The van der Waals surface area contributed by atoms with Gasteiger partial charge in [-0.2, -0.15) is 8.78 Å². The molecular weight excluding hydrogens is 509 g/mol. The highest BCUT2D eigenvalue weighted by Gasteiger charge is 2.44. The van der Waals surface area contributed by atoms with E-state index in [4.69, 9.17) is 10.5 Å². The molecule has 0 atom stereocenters. The van der Waals surface area contributed by atoms with E-state index < -0.39 is 46.7 Å². The number of halogens is 5. The van der Waals surface area contributed by atoms with Crippen molar-refractivity contribution in [1.29, 1.82) is 0 Å². The van der Waals surface area contributed by atoms with Crippen LogP contribution in [0.2, 0.25) is 0 Å². The van der Waals surface area contributed by atoms with Gasteiger partial charge in [-0.1, -0.05) is 6.07 Å². The number of ketones is 1. The van der Waals surface area contributed by atoms with Crippen LogP contribution in [-0.4, -0.2) is 36.8 Å². The van der Waals surface area contributed by atoms with Crippen LogP contribution >= 0.6 is 0 Å². The summed E-state index contributed by atoms with van der Waals surface area (Å²) in [6.45, 7) is -0.628. The van der Waals surface area contributed by atoms with Crippen LogP contribution in [0.25, 0.3) is 0 Å². The van der Waals surface area contributed by atoms with E-state index in [1.807, 2.05) is 0 Å². The lowest BCUT2D eigenvalue weighted by molar-refractivity contribution is -0.169. The lowest BCUT2D eigenvalue weighted by Gasteiger charge is -2.36. The number of rotatable bonds is 7. The van der Waals surface area contributed by atoms with Crippen molar-refractivity contribution in [3.05, 3.63) is 88.7 Å². The standard InChI is InChI=1S/C27H24F5N3O3/c1-38-17-7-5-15(6-8-17)25(36)18-3-2-4-21(33)24(18)34-26(37)16-11-13-35(14-12-16)27(31,32)19-9-10-20(28)23(30)22(19)29/h2-10,16H,11-14,33H2,1H3,(H,34,37). The predicted octanol–water partition coefficient (Wildman–Crippen LogP) is 5.33. The van der Waals surface area contributed by atoms with Crippen LogP contribution < -0.4 is 15.8 Å². The second-order valence-electron chi connectivity index (χ2n) is 8.84. The number of anilines is 2. The first-order valence-corrected chi connectivity index (χ1v) is 11.7. The molecule has 0 saturated carbocycles. The van der Waals surface area contributed by atoms with E-state index >= 15 is 0 Å².